The van der Waals surface area contributed by atoms with Crippen molar-refractivity contribution in [3.8, 4) is 0 Å². The predicted molar refractivity (Wildman–Crippen MR) is 106 cm³/mol. The molecular weight excluding hydrogens is 396 g/mol. The smallest absolute Gasteiger partial charge is 0.306 e. The maximum atomic E-state index is 13.1. The highest BCUT2D eigenvalue weighted by molar-refractivity contribution is 7.91. The molecule has 2 aliphatic heterocycles. The molecule has 1 atom stereocenters. The van der Waals surface area contributed by atoms with E-state index in [1.165, 1.54) is 4.90 Å². The van der Waals surface area contributed by atoms with Gasteiger partial charge >= 0.3 is 5.97 Å². The van der Waals surface area contributed by atoms with Gasteiger partial charge in [0, 0.05) is 6.42 Å². The van der Waals surface area contributed by atoms with Crippen LogP contribution in [-0.4, -0.2) is 49.9 Å². The van der Waals surface area contributed by atoms with Crippen LogP contribution in [0.15, 0.2) is 24.3 Å². The van der Waals surface area contributed by atoms with Gasteiger partial charge in [-0.05, 0) is 37.3 Å². The summed E-state index contributed by atoms with van der Waals surface area (Å²) in [7, 11) is -3.07. The van der Waals surface area contributed by atoms with Crippen LogP contribution in [0.25, 0.3) is 0 Å². The fourth-order valence-electron chi connectivity index (χ4n) is 4.66. The van der Waals surface area contributed by atoms with Gasteiger partial charge in [-0.3, -0.25) is 19.3 Å². The largest absolute Gasteiger partial charge is 0.456 e. The molecule has 9 heteroatoms. The summed E-state index contributed by atoms with van der Waals surface area (Å²) in [5.41, 5.74) is 0.222. The average Bonchev–Trinajstić information content (AvgIpc) is 3.28. The lowest BCUT2D eigenvalue weighted by atomic mass is 9.90. The first kappa shape index (κ1) is 19.9. The molecule has 29 heavy (non-hydrogen) atoms. The molecule has 3 aliphatic rings. The first-order valence-corrected chi connectivity index (χ1v) is 11.7. The van der Waals surface area contributed by atoms with E-state index in [1.54, 1.807) is 24.3 Å². The predicted octanol–water partition coefficient (Wildman–Crippen LogP) is 1.65. The Hall–Kier alpha value is -2.42. The number of sulfone groups is 1. The lowest BCUT2D eigenvalue weighted by molar-refractivity contribution is -0.149. The number of nitrogens with one attached hydrogen (secondary N) is 1. The van der Waals surface area contributed by atoms with Crippen LogP contribution in [0.4, 0.5) is 11.4 Å². The van der Waals surface area contributed by atoms with E-state index >= 15 is 0 Å². The van der Waals surface area contributed by atoms with Crippen LogP contribution in [0.5, 0.6) is 0 Å². The van der Waals surface area contributed by atoms with E-state index in [2.05, 4.69) is 5.32 Å². The second kappa shape index (κ2) is 7.44. The van der Waals surface area contributed by atoms with Crippen LogP contribution in [0.1, 0.15) is 38.5 Å². The van der Waals surface area contributed by atoms with Crippen LogP contribution >= 0.6 is 0 Å². The summed E-state index contributed by atoms with van der Waals surface area (Å²) in [5.74, 6) is -1.42. The lowest BCUT2D eigenvalue weighted by Crippen LogP contribution is -2.61. The van der Waals surface area contributed by atoms with Gasteiger partial charge in [-0.25, -0.2) is 8.42 Å². The lowest BCUT2D eigenvalue weighted by Gasteiger charge is -2.44. The Morgan fingerprint density at radius 1 is 1.21 bits per heavy atom. The second-order valence-corrected chi connectivity index (χ2v) is 10.3. The Labute approximate surface area is 169 Å². The molecule has 1 unspecified atom stereocenters. The second-order valence-electron chi connectivity index (χ2n) is 8.07. The van der Waals surface area contributed by atoms with Crippen LogP contribution < -0.4 is 10.2 Å². The van der Waals surface area contributed by atoms with Gasteiger partial charge in [0.1, 0.15) is 5.54 Å². The molecule has 4 rings (SSSR count). The third kappa shape index (κ3) is 3.75. The molecule has 1 saturated carbocycles. The Bertz CT molecular complexity index is 951. The van der Waals surface area contributed by atoms with Crippen molar-refractivity contribution in [3.63, 3.8) is 0 Å². The summed E-state index contributed by atoms with van der Waals surface area (Å²) < 4.78 is 28.3. The molecule has 8 nitrogen and oxygen atoms in total. The van der Waals surface area contributed by atoms with Crippen LogP contribution in [-0.2, 0) is 29.0 Å². The number of carbonyl (C=O) groups excluding carboxylic acids is 3. The van der Waals surface area contributed by atoms with E-state index in [9.17, 15) is 22.8 Å². The number of hydrogen-bond acceptors (Lipinski definition) is 6. The minimum atomic E-state index is -3.07. The molecule has 156 valence electrons. The fourth-order valence-corrected chi connectivity index (χ4v) is 6.52. The van der Waals surface area contributed by atoms with Gasteiger partial charge in [0.05, 0.1) is 22.9 Å². The van der Waals surface area contributed by atoms with Crippen LogP contribution in [0, 0.1) is 5.92 Å². The first-order chi connectivity index (χ1) is 13.8. The van der Waals surface area contributed by atoms with Gasteiger partial charge in [0.2, 0.25) is 0 Å². The van der Waals surface area contributed by atoms with Gasteiger partial charge < -0.3 is 10.1 Å². The summed E-state index contributed by atoms with van der Waals surface area (Å²) in [6.45, 7) is -0.471. The minimum Gasteiger partial charge on any atom is -0.456 e. The molecule has 1 aliphatic carbocycles. The van der Waals surface area contributed by atoms with E-state index in [-0.39, 0.29) is 29.8 Å². The number of rotatable bonds is 4. The van der Waals surface area contributed by atoms with Crippen molar-refractivity contribution >= 4 is 39.0 Å². The standard InChI is InChI=1S/C20H24N2O6S/c23-17(12-28-18(24)11-14-7-10-29(26,27)13-14)22-16-6-2-1-5-15(16)21-19(25)20(22)8-3-4-9-20/h1-2,5-6,14H,3-4,7-13H2,(H,21,25). The molecule has 2 amide bonds. The van der Waals surface area contributed by atoms with E-state index in [4.69, 9.17) is 4.74 Å². The van der Waals surface area contributed by atoms with E-state index in [0.717, 1.165) is 12.8 Å². The summed E-state index contributed by atoms with van der Waals surface area (Å²) in [5, 5.41) is 2.90. The Balaban J connectivity index is 1.47. The Morgan fingerprint density at radius 3 is 2.62 bits per heavy atom. The highest BCUT2D eigenvalue weighted by Gasteiger charge is 2.52. The Morgan fingerprint density at radius 2 is 1.93 bits per heavy atom. The summed E-state index contributed by atoms with van der Waals surface area (Å²) in [6.07, 6.45) is 3.23. The van der Waals surface area contributed by atoms with Crippen molar-refractivity contribution < 1.29 is 27.5 Å². The van der Waals surface area contributed by atoms with E-state index in [0.29, 0.717) is 30.6 Å². The van der Waals surface area contributed by atoms with Crippen LogP contribution in [0.2, 0.25) is 0 Å². The number of para-hydroxylation sites is 2. The molecule has 2 heterocycles. The third-order valence-electron chi connectivity index (χ3n) is 6.06. The number of nitrogens with zero attached hydrogens (tertiary/aromatic N) is 1. The zero-order chi connectivity index (χ0) is 20.6. The zero-order valence-electron chi connectivity index (χ0n) is 16.1. The van der Waals surface area contributed by atoms with Crippen molar-refractivity contribution in [1.82, 2.24) is 0 Å². The highest BCUT2D eigenvalue weighted by atomic mass is 32.2. The third-order valence-corrected chi connectivity index (χ3v) is 7.90. The van der Waals surface area contributed by atoms with Crippen LogP contribution in [0.3, 0.4) is 0 Å². The number of anilines is 2. The molecule has 2 fully saturated rings. The molecule has 1 aromatic rings. The summed E-state index contributed by atoms with van der Waals surface area (Å²) in [4.78, 5) is 39.6. The summed E-state index contributed by atoms with van der Waals surface area (Å²) in [6, 6.07) is 7.09. The van der Waals surface area contributed by atoms with Gasteiger partial charge in [0.15, 0.2) is 16.4 Å². The van der Waals surface area contributed by atoms with Crippen molar-refractivity contribution in [2.24, 2.45) is 5.92 Å². The van der Waals surface area contributed by atoms with Crippen molar-refractivity contribution in [1.29, 1.82) is 0 Å². The van der Waals surface area contributed by atoms with Gasteiger partial charge in [-0.1, -0.05) is 25.0 Å². The van der Waals surface area contributed by atoms with E-state index < -0.39 is 33.9 Å². The Kier molecular flexibility index (Phi) is 5.10. The maximum absolute atomic E-state index is 13.1. The van der Waals surface area contributed by atoms with Gasteiger partial charge in [-0.2, -0.15) is 0 Å². The topological polar surface area (TPSA) is 110 Å². The molecule has 1 spiro atoms. The number of ether oxygens (including phenoxy) is 1. The molecular formula is C20H24N2O6S. The molecule has 0 aromatic heterocycles. The van der Waals surface area contributed by atoms with Crippen molar-refractivity contribution in [2.75, 3.05) is 28.3 Å². The highest BCUT2D eigenvalue weighted by Crippen LogP contribution is 2.45. The fraction of sp³-hybridized carbons (Fsp3) is 0.550. The van der Waals surface area contributed by atoms with Gasteiger partial charge in [-0.15, -0.1) is 0 Å². The average molecular weight is 420 g/mol. The molecule has 1 aromatic carbocycles. The number of benzene rings is 1. The monoisotopic (exact) mass is 420 g/mol. The number of carbonyl (C=O) groups is 3. The normalized spacial score (nSPS) is 24.2. The number of fused-ring (bicyclic) bond motifs is 1. The quantitative estimate of drug-likeness (QED) is 0.742. The van der Waals surface area contributed by atoms with Crippen molar-refractivity contribution in [2.45, 2.75) is 44.1 Å². The zero-order valence-corrected chi connectivity index (χ0v) is 16.9. The first-order valence-electron chi connectivity index (χ1n) is 9.90. The molecule has 0 radical (unpaired) electrons. The SMILES string of the molecule is O=C(CC1CCS(=O)(=O)C1)OCC(=O)N1c2ccccc2NC(=O)C12CCCC2. The van der Waals surface area contributed by atoms with Crippen molar-refractivity contribution in [3.05, 3.63) is 24.3 Å². The minimum absolute atomic E-state index is 0.0151. The number of hydrogen-bond donors (Lipinski definition) is 1. The molecule has 0 bridgehead atoms. The molecule has 1 N–H and O–H groups in total. The number of amides is 2. The summed E-state index contributed by atoms with van der Waals surface area (Å²) >= 11 is 0. The molecule has 1 saturated heterocycles. The van der Waals surface area contributed by atoms with E-state index in [1.807, 2.05) is 0 Å². The van der Waals surface area contributed by atoms with Gasteiger partial charge in [0.25, 0.3) is 11.8 Å². The maximum Gasteiger partial charge on any atom is 0.306 e. The number of esters is 1.